The molecule has 0 aromatic carbocycles. The van der Waals surface area contributed by atoms with Crippen molar-refractivity contribution in [2.24, 2.45) is 0 Å². The van der Waals surface area contributed by atoms with Crippen molar-refractivity contribution >= 4 is 5.82 Å². The molecule has 114 valence electrons. The maximum atomic E-state index is 9.02. The van der Waals surface area contributed by atoms with E-state index in [1.807, 2.05) is 31.2 Å². The van der Waals surface area contributed by atoms with Crippen molar-refractivity contribution in [1.82, 2.24) is 9.97 Å². The predicted molar refractivity (Wildman–Crippen MR) is 85.7 cm³/mol. The summed E-state index contributed by atoms with van der Waals surface area (Å²) in [5.74, 6) is 1.32. The lowest BCUT2D eigenvalue weighted by atomic mass is 10.2. The van der Waals surface area contributed by atoms with Crippen molar-refractivity contribution in [2.75, 3.05) is 11.9 Å². The van der Waals surface area contributed by atoms with Gasteiger partial charge in [-0.1, -0.05) is 25.5 Å². The first kappa shape index (κ1) is 15.8. The number of unbranched alkanes of at least 4 members (excludes halogenated alkanes) is 1. The highest BCUT2D eigenvalue weighted by atomic mass is 16.5. The molecule has 0 atom stereocenters. The molecule has 0 saturated carbocycles. The minimum atomic E-state index is 0.440. The number of rotatable bonds is 7. The monoisotopic (exact) mass is 296 g/mol. The topological polar surface area (TPSA) is 70.8 Å². The molecule has 0 bridgehead atoms. The second-order valence-electron chi connectivity index (χ2n) is 5.00. The first-order valence-electron chi connectivity index (χ1n) is 7.43. The van der Waals surface area contributed by atoms with Gasteiger partial charge in [0, 0.05) is 18.3 Å². The van der Waals surface area contributed by atoms with Crippen LogP contribution < -0.4 is 10.1 Å². The maximum absolute atomic E-state index is 9.02. The quantitative estimate of drug-likeness (QED) is 0.792. The third kappa shape index (κ3) is 4.19. The fourth-order valence-corrected chi connectivity index (χ4v) is 1.93. The molecule has 0 spiro atoms. The standard InChI is InChI=1S/C17H20N4O/c1-3-4-10-22-17-14(6-5-9-19-17)12-20-16-8-7-13(2)15(11-18)21-16/h5-9H,3-4,10,12H2,1-2H3,(H,20,21). The molecule has 0 radical (unpaired) electrons. The van der Waals surface area contributed by atoms with Gasteiger partial charge in [-0.2, -0.15) is 5.26 Å². The fraction of sp³-hybridized carbons (Fsp3) is 0.353. The zero-order valence-electron chi connectivity index (χ0n) is 13.0. The number of aromatic nitrogens is 2. The summed E-state index contributed by atoms with van der Waals surface area (Å²) in [5, 5.41) is 12.2. The number of anilines is 1. The number of hydrogen-bond acceptors (Lipinski definition) is 5. The molecule has 0 fully saturated rings. The van der Waals surface area contributed by atoms with E-state index >= 15 is 0 Å². The van der Waals surface area contributed by atoms with Crippen LogP contribution in [0.5, 0.6) is 5.88 Å². The molecule has 0 unspecified atom stereocenters. The van der Waals surface area contributed by atoms with Gasteiger partial charge in [0.25, 0.3) is 0 Å². The van der Waals surface area contributed by atoms with Gasteiger partial charge in [-0.05, 0) is 31.0 Å². The molecule has 0 aliphatic rings. The van der Waals surface area contributed by atoms with Gasteiger partial charge in [0.15, 0.2) is 0 Å². The van der Waals surface area contributed by atoms with Gasteiger partial charge in [-0.25, -0.2) is 9.97 Å². The lowest BCUT2D eigenvalue weighted by Gasteiger charge is -2.11. The lowest BCUT2D eigenvalue weighted by Crippen LogP contribution is -2.07. The Bertz CT molecular complexity index is 664. The van der Waals surface area contributed by atoms with Crippen LogP contribution >= 0.6 is 0 Å². The average Bonchev–Trinajstić information content (AvgIpc) is 2.55. The minimum Gasteiger partial charge on any atom is -0.477 e. The summed E-state index contributed by atoms with van der Waals surface area (Å²) < 4.78 is 5.71. The highest BCUT2D eigenvalue weighted by molar-refractivity contribution is 5.43. The molecule has 0 aliphatic heterocycles. The Labute approximate surface area is 131 Å². The van der Waals surface area contributed by atoms with Crippen molar-refractivity contribution < 1.29 is 4.74 Å². The first-order chi connectivity index (χ1) is 10.7. The number of nitrogens with zero attached hydrogens (tertiary/aromatic N) is 3. The van der Waals surface area contributed by atoms with E-state index < -0.39 is 0 Å². The summed E-state index contributed by atoms with van der Waals surface area (Å²) in [4.78, 5) is 8.55. The molecule has 2 rings (SSSR count). The second-order valence-corrected chi connectivity index (χ2v) is 5.00. The van der Waals surface area contributed by atoms with E-state index in [0.717, 1.165) is 24.0 Å². The molecule has 22 heavy (non-hydrogen) atoms. The molecule has 2 aromatic heterocycles. The third-order valence-electron chi connectivity index (χ3n) is 3.25. The average molecular weight is 296 g/mol. The number of aryl methyl sites for hydroxylation is 1. The van der Waals surface area contributed by atoms with E-state index in [9.17, 15) is 0 Å². The number of pyridine rings is 2. The number of nitrogens with one attached hydrogen (secondary N) is 1. The second kappa shape index (κ2) is 7.99. The molecular formula is C17H20N4O. The lowest BCUT2D eigenvalue weighted by molar-refractivity contribution is 0.295. The van der Waals surface area contributed by atoms with Crippen LogP contribution in [0.4, 0.5) is 5.82 Å². The smallest absolute Gasteiger partial charge is 0.218 e. The zero-order valence-corrected chi connectivity index (χ0v) is 13.0. The van der Waals surface area contributed by atoms with Crippen molar-refractivity contribution in [1.29, 1.82) is 5.26 Å². The van der Waals surface area contributed by atoms with Gasteiger partial charge >= 0.3 is 0 Å². The van der Waals surface area contributed by atoms with Gasteiger partial charge in [0.2, 0.25) is 5.88 Å². The van der Waals surface area contributed by atoms with Crippen molar-refractivity contribution in [3.8, 4) is 11.9 Å². The van der Waals surface area contributed by atoms with Crippen LogP contribution in [0.3, 0.4) is 0 Å². The fourth-order valence-electron chi connectivity index (χ4n) is 1.93. The normalized spacial score (nSPS) is 10.0. The van der Waals surface area contributed by atoms with E-state index in [0.29, 0.717) is 30.5 Å². The van der Waals surface area contributed by atoms with E-state index in [1.54, 1.807) is 6.20 Å². The van der Waals surface area contributed by atoms with Crippen molar-refractivity contribution in [3.63, 3.8) is 0 Å². The van der Waals surface area contributed by atoms with Crippen LogP contribution in [-0.4, -0.2) is 16.6 Å². The summed E-state index contributed by atoms with van der Waals surface area (Å²) >= 11 is 0. The molecule has 1 N–H and O–H groups in total. The third-order valence-corrected chi connectivity index (χ3v) is 3.25. The SMILES string of the molecule is CCCCOc1ncccc1CNc1ccc(C)c(C#N)n1. The van der Waals surface area contributed by atoms with Crippen LogP contribution in [-0.2, 0) is 6.54 Å². The Hall–Kier alpha value is -2.61. The molecule has 5 heteroatoms. The summed E-state index contributed by atoms with van der Waals surface area (Å²) in [6.07, 6.45) is 3.82. The molecule has 5 nitrogen and oxygen atoms in total. The number of ether oxygens (including phenoxy) is 1. The maximum Gasteiger partial charge on any atom is 0.218 e. The van der Waals surface area contributed by atoms with Crippen molar-refractivity contribution in [2.45, 2.75) is 33.2 Å². The molecule has 2 aromatic rings. The van der Waals surface area contributed by atoms with Crippen molar-refractivity contribution in [3.05, 3.63) is 47.3 Å². The number of hydrogen-bond donors (Lipinski definition) is 1. The molecule has 0 saturated heterocycles. The first-order valence-corrected chi connectivity index (χ1v) is 7.43. The van der Waals surface area contributed by atoms with Gasteiger partial charge < -0.3 is 10.1 Å². The minimum absolute atomic E-state index is 0.440. The molecular weight excluding hydrogens is 276 g/mol. The largest absolute Gasteiger partial charge is 0.477 e. The van der Waals surface area contributed by atoms with Crippen LogP contribution in [0.1, 0.15) is 36.6 Å². The molecule has 0 aliphatic carbocycles. The van der Waals surface area contributed by atoms with E-state index in [1.165, 1.54) is 0 Å². The summed E-state index contributed by atoms with van der Waals surface area (Å²) in [6.45, 7) is 5.22. The van der Waals surface area contributed by atoms with E-state index in [2.05, 4.69) is 28.3 Å². The van der Waals surface area contributed by atoms with Gasteiger partial charge in [0.1, 0.15) is 17.6 Å². The highest BCUT2D eigenvalue weighted by Crippen LogP contribution is 2.17. The Morgan fingerprint density at radius 2 is 2.18 bits per heavy atom. The highest BCUT2D eigenvalue weighted by Gasteiger charge is 2.06. The van der Waals surface area contributed by atoms with Gasteiger partial charge in [-0.15, -0.1) is 0 Å². The Morgan fingerprint density at radius 1 is 1.32 bits per heavy atom. The summed E-state index contributed by atoms with van der Waals surface area (Å²) in [6, 6.07) is 9.70. The van der Waals surface area contributed by atoms with Gasteiger partial charge in [-0.3, -0.25) is 0 Å². The molecule has 2 heterocycles. The zero-order chi connectivity index (χ0) is 15.8. The number of nitriles is 1. The Morgan fingerprint density at radius 3 is 2.95 bits per heavy atom. The predicted octanol–water partition coefficient (Wildman–Crippen LogP) is 3.45. The van der Waals surface area contributed by atoms with Gasteiger partial charge in [0.05, 0.1) is 6.61 Å². The Kier molecular flexibility index (Phi) is 5.73. The van der Waals surface area contributed by atoms with Crippen LogP contribution in [0.2, 0.25) is 0 Å². The molecule has 0 amide bonds. The summed E-state index contributed by atoms with van der Waals surface area (Å²) in [7, 11) is 0. The van der Waals surface area contributed by atoms with E-state index in [4.69, 9.17) is 10.00 Å². The van der Waals surface area contributed by atoms with Crippen LogP contribution in [0.15, 0.2) is 30.5 Å². The van der Waals surface area contributed by atoms with E-state index in [-0.39, 0.29) is 0 Å². The van der Waals surface area contributed by atoms with Crippen LogP contribution in [0, 0.1) is 18.3 Å². The summed E-state index contributed by atoms with van der Waals surface area (Å²) in [5.41, 5.74) is 2.29. The van der Waals surface area contributed by atoms with Crippen LogP contribution in [0.25, 0.3) is 0 Å². The Balaban J connectivity index is 2.04.